The van der Waals surface area contributed by atoms with Crippen molar-refractivity contribution >= 4 is 46.2 Å². The topological polar surface area (TPSA) is 88.0 Å². The first-order chi connectivity index (χ1) is 20.1. The maximum atomic E-state index is 13.6. The Morgan fingerprint density at radius 1 is 0.976 bits per heavy atom. The Bertz CT molecular complexity index is 1590. The molecule has 2 aliphatic rings. The molecule has 2 aromatic carbocycles. The van der Waals surface area contributed by atoms with Crippen molar-refractivity contribution in [1.82, 2.24) is 30.2 Å². The standard InChI is InChI=1S/C30H31Cl2F2N7O/c1-29(12-14-30(33,34)15-13-29)39-28(42)37-20-10-16-40(17-11-20)26-24-27(36-18-35-26)41(21-8-6-19(31)7-9-21)25(38-24)22-4-2-3-5-23(22)32/h2-9,18,20H,10-17H2,1H3,(H2,37,39,42). The zero-order chi connectivity index (χ0) is 29.5. The third kappa shape index (κ3) is 5.87. The number of rotatable bonds is 5. The first-order valence-electron chi connectivity index (χ1n) is 14.1. The average Bonchev–Trinajstić information content (AvgIpc) is 3.35. The third-order valence-corrected chi connectivity index (χ3v) is 8.84. The van der Waals surface area contributed by atoms with E-state index in [1.54, 1.807) is 0 Å². The van der Waals surface area contributed by atoms with Crippen LogP contribution in [-0.4, -0.2) is 56.1 Å². The highest BCUT2D eigenvalue weighted by Gasteiger charge is 2.41. The molecule has 8 nitrogen and oxygen atoms in total. The summed E-state index contributed by atoms with van der Waals surface area (Å²) in [6.07, 6.45) is 3.03. The number of urea groups is 1. The Morgan fingerprint density at radius 3 is 2.36 bits per heavy atom. The Hall–Kier alpha value is -3.50. The van der Waals surface area contributed by atoms with Crippen molar-refractivity contribution in [3.63, 3.8) is 0 Å². The fourth-order valence-electron chi connectivity index (χ4n) is 5.79. The summed E-state index contributed by atoms with van der Waals surface area (Å²) in [5.41, 5.74) is 2.27. The molecule has 1 saturated heterocycles. The predicted molar refractivity (Wildman–Crippen MR) is 161 cm³/mol. The summed E-state index contributed by atoms with van der Waals surface area (Å²) in [5.74, 6) is -1.29. The van der Waals surface area contributed by atoms with Crippen molar-refractivity contribution in [3.8, 4) is 17.1 Å². The van der Waals surface area contributed by atoms with Crippen LogP contribution in [0.25, 0.3) is 28.2 Å². The number of hydrogen-bond donors (Lipinski definition) is 2. The van der Waals surface area contributed by atoms with Gasteiger partial charge in [0.2, 0.25) is 5.92 Å². The number of imidazole rings is 1. The number of fused-ring (bicyclic) bond motifs is 1. The molecule has 12 heteroatoms. The molecule has 6 rings (SSSR count). The molecule has 0 radical (unpaired) electrons. The van der Waals surface area contributed by atoms with Crippen molar-refractivity contribution in [2.24, 2.45) is 0 Å². The van der Waals surface area contributed by atoms with Crippen LogP contribution in [0.5, 0.6) is 0 Å². The van der Waals surface area contributed by atoms with Crippen LogP contribution in [0.15, 0.2) is 54.9 Å². The van der Waals surface area contributed by atoms with Gasteiger partial charge in [-0.3, -0.25) is 4.57 Å². The van der Waals surface area contributed by atoms with Gasteiger partial charge in [0, 0.05) is 53.8 Å². The number of piperidine rings is 1. The van der Waals surface area contributed by atoms with Crippen molar-refractivity contribution in [3.05, 3.63) is 64.9 Å². The minimum absolute atomic E-state index is 0.0440. The molecule has 2 N–H and O–H groups in total. The van der Waals surface area contributed by atoms with Crippen LogP contribution in [0, 0.1) is 0 Å². The Morgan fingerprint density at radius 2 is 1.67 bits per heavy atom. The molecule has 2 amide bonds. The maximum Gasteiger partial charge on any atom is 0.315 e. The molecular formula is C30H31Cl2F2N7O. The van der Waals surface area contributed by atoms with E-state index in [0.29, 0.717) is 58.8 Å². The number of hydrogen-bond acceptors (Lipinski definition) is 5. The number of nitrogens with zero attached hydrogens (tertiary/aromatic N) is 5. The molecule has 3 heterocycles. The lowest BCUT2D eigenvalue weighted by Gasteiger charge is -2.39. The van der Waals surface area contributed by atoms with Gasteiger partial charge < -0.3 is 15.5 Å². The van der Waals surface area contributed by atoms with E-state index in [1.165, 1.54) is 6.33 Å². The lowest BCUT2D eigenvalue weighted by atomic mass is 9.81. The number of amides is 2. The zero-order valence-electron chi connectivity index (χ0n) is 23.1. The number of benzene rings is 2. The predicted octanol–water partition coefficient (Wildman–Crippen LogP) is 7.03. The summed E-state index contributed by atoms with van der Waals surface area (Å²) < 4.78 is 29.2. The molecule has 42 heavy (non-hydrogen) atoms. The Labute approximate surface area is 252 Å². The SMILES string of the molecule is CC1(NC(=O)NC2CCN(c3ncnc4c3nc(-c3ccccc3Cl)n4-c3ccc(Cl)cc3)CC2)CCC(F)(F)CC1. The van der Waals surface area contributed by atoms with Crippen LogP contribution in [0.3, 0.4) is 0 Å². The minimum atomic E-state index is -2.64. The molecule has 1 aliphatic heterocycles. The monoisotopic (exact) mass is 613 g/mol. The molecule has 1 saturated carbocycles. The first-order valence-corrected chi connectivity index (χ1v) is 14.8. The van der Waals surface area contributed by atoms with E-state index in [4.69, 9.17) is 28.2 Å². The van der Waals surface area contributed by atoms with Gasteiger partial charge in [-0.1, -0.05) is 35.3 Å². The van der Waals surface area contributed by atoms with Crippen LogP contribution in [0.2, 0.25) is 10.0 Å². The molecule has 0 atom stereocenters. The van der Waals surface area contributed by atoms with E-state index in [2.05, 4.69) is 25.5 Å². The van der Waals surface area contributed by atoms with Gasteiger partial charge in [-0.25, -0.2) is 28.5 Å². The van der Waals surface area contributed by atoms with E-state index in [9.17, 15) is 13.6 Å². The highest BCUT2D eigenvalue weighted by Crippen LogP contribution is 2.38. The first kappa shape index (κ1) is 28.6. The summed E-state index contributed by atoms with van der Waals surface area (Å²) in [6.45, 7) is 3.14. The van der Waals surface area contributed by atoms with Gasteiger partial charge >= 0.3 is 6.03 Å². The zero-order valence-corrected chi connectivity index (χ0v) is 24.6. The molecule has 2 aromatic heterocycles. The fraction of sp³-hybridized carbons (Fsp3) is 0.400. The smallest absolute Gasteiger partial charge is 0.315 e. The largest absolute Gasteiger partial charge is 0.355 e. The van der Waals surface area contributed by atoms with Gasteiger partial charge in [-0.15, -0.1) is 0 Å². The molecule has 2 fully saturated rings. The third-order valence-electron chi connectivity index (χ3n) is 8.25. The van der Waals surface area contributed by atoms with Crippen LogP contribution in [0.1, 0.15) is 45.4 Å². The Kier molecular flexibility index (Phi) is 7.70. The van der Waals surface area contributed by atoms with Gasteiger partial charge in [0.05, 0.1) is 5.02 Å². The fourth-order valence-corrected chi connectivity index (χ4v) is 6.14. The van der Waals surface area contributed by atoms with Crippen molar-refractivity contribution < 1.29 is 13.6 Å². The summed E-state index contributed by atoms with van der Waals surface area (Å²) in [4.78, 5) is 29.1. The summed E-state index contributed by atoms with van der Waals surface area (Å²) in [7, 11) is 0. The number of nitrogens with one attached hydrogen (secondary N) is 2. The second-order valence-corrected chi connectivity index (χ2v) is 12.2. The number of anilines is 1. The van der Waals surface area contributed by atoms with Crippen LogP contribution >= 0.6 is 23.2 Å². The lowest BCUT2D eigenvalue weighted by molar-refractivity contribution is -0.0517. The lowest BCUT2D eigenvalue weighted by Crippen LogP contribution is -2.56. The minimum Gasteiger partial charge on any atom is -0.355 e. The molecule has 0 bridgehead atoms. The molecular weight excluding hydrogens is 583 g/mol. The van der Waals surface area contributed by atoms with E-state index >= 15 is 0 Å². The highest BCUT2D eigenvalue weighted by molar-refractivity contribution is 6.33. The van der Waals surface area contributed by atoms with Crippen LogP contribution in [-0.2, 0) is 0 Å². The van der Waals surface area contributed by atoms with E-state index in [0.717, 1.165) is 11.3 Å². The summed E-state index contributed by atoms with van der Waals surface area (Å²) in [6, 6.07) is 14.6. The molecule has 4 aromatic rings. The maximum absolute atomic E-state index is 13.6. The van der Waals surface area contributed by atoms with E-state index in [1.807, 2.05) is 60.0 Å². The van der Waals surface area contributed by atoms with Gasteiger partial charge in [0.1, 0.15) is 12.2 Å². The quantitative estimate of drug-likeness (QED) is 0.252. The molecule has 0 unspecified atom stereocenters. The van der Waals surface area contributed by atoms with Gasteiger partial charge in [0.25, 0.3) is 0 Å². The van der Waals surface area contributed by atoms with Crippen molar-refractivity contribution in [2.75, 3.05) is 18.0 Å². The van der Waals surface area contributed by atoms with E-state index in [-0.39, 0.29) is 37.8 Å². The van der Waals surface area contributed by atoms with Gasteiger partial charge in [-0.2, -0.15) is 0 Å². The van der Waals surface area contributed by atoms with Gasteiger partial charge in [-0.05, 0) is 69.0 Å². The normalized spacial score (nSPS) is 18.6. The van der Waals surface area contributed by atoms with Gasteiger partial charge in [0.15, 0.2) is 17.0 Å². The number of carbonyl (C=O) groups is 1. The van der Waals surface area contributed by atoms with E-state index < -0.39 is 11.5 Å². The van der Waals surface area contributed by atoms with Crippen LogP contribution < -0.4 is 15.5 Å². The van der Waals surface area contributed by atoms with Crippen molar-refractivity contribution in [2.45, 2.75) is 63.0 Å². The highest BCUT2D eigenvalue weighted by atomic mass is 35.5. The second-order valence-electron chi connectivity index (χ2n) is 11.4. The molecule has 220 valence electrons. The summed E-state index contributed by atoms with van der Waals surface area (Å²) in [5, 5.41) is 7.18. The number of halogens is 4. The van der Waals surface area contributed by atoms with Crippen molar-refractivity contribution in [1.29, 1.82) is 0 Å². The number of alkyl halides is 2. The summed E-state index contributed by atoms with van der Waals surface area (Å²) >= 11 is 12.8. The number of aromatic nitrogens is 4. The Balaban J connectivity index is 1.21. The molecule has 1 aliphatic carbocycles. The molecule has 0 spiro atoms. The second kappa shape index (κ2) is 11.3. The number of carbonyl (C=O) groups excluding carboxylic acids is 1. The van der Waals surface area contributed by atoms with Crippen LogP contribution in [0.4, 0.5) is 19.4 Å². The average molecular weight is 615 g/mol.